The number of rotatable bonds is 19. The number of carbonyl (C=O) groups excluding carboxylic acids is 3. The number of morpholine rings is 3. The Balaban J connectivity index is 0.000000237. The SMILES string of the molecule is CC(C)c1cc(F)cc(F)c1.CC(C)c1ccc(CN2CCOCC2)cc1.CC(C)c1ccc(F)nc1.CC(C)c1ccc(S(=O)(=O)N2CCOCC2)cc1.CC(C)c1cccc(C(=O)N2CCCC2)c1.CC(C)c1cccc(C(=O)N2CCOCC2)c1.CC(C)c1cccc(CN)c1.CCN1CCN(C(=O)c2ccc(C(C)C)cc2)CC1.Cc1ccc(C(C)C)cn1.Cc1cccc(C(C)C)c1. The first kappa shape index (κ1) is 117. The molecule has 0 unspecified atom stereocenters. The summed E-state index contributed by atoms with van der Waals surface area (Å²) in [6.45, 7) is 65.6. The predicted molar refractivity (Wildman–Crippen MR) is 564 cm³/mol. The molecule has 3 amide bonds. The third-order valence-corrected chi connectivity index (χ3v) is 26.6. The maximum Gasteiger partial charge on any atom is 0.254 e. The smallest absolute Gasteiger partial charge is 0.254 e. The molecule has 15 rings (SSSR count). The van der Waals surface area contributed by atoms with E-state index >= 15 is 0 Å². The van der Waals surface area contributed by atoms with Gasteiger partial charge in [0.1, 0.15) is 11.6 Å². The van der Waals surface area contributed by atoms with Gasteiger partial charge in [-0.2, -0.15) is 8.70 Å². The van der Waals surface area contributed by atoms with Crippen molar-refractivity contribution in [2.24, 2.45) is 5.73 Å². The second-order valence-corrected chi connectivity index (χ2v) is 40.9. The third-order valence-electron chi connectivity index (χ3n) is 24.7. The number of sulfonamides is 1. The molecule has 0 radical (unpaired) electrons. The second-order valence-electron chi connectivity index (χ2n) is 39.0. The van der Waals surface area contributed by atoms with E-state index in [9.17, 15) is 36.0 Å². The fourth-order valence-electron chi connectivity index (χ4n) is 15.1. The zero-order chi connectivity index (χ0) is 102. The van der Waals surface area contributed by atoms with Crippen molar-refractivity contribution >= 4 is 27.7 Å². The Morgan fingerprint density at radius 1 is 0.341 bits per heavy atom. The molecule has 21 heteroatoms. The van der Waals surface area contributed by atoms with Gasteiger partial charge >= 0.3 is 0 Å². The number of piperazine rings is 1. The number of hydrogen-bond donors (Lipinski definition) is 1. The van der Waals surface area contributed by atoms with Gasteiger partial charge in [0.05, 0.1) is 44.5 Å². The summed E-state index contributed by atoms with van der Waals surface area (Å²) >= 11 is 0. The van der Waals surface area contributed by atoms with Crippen LogP contribution in [0.1, 0.15) is 327 Å². The first-order chi connectivity index (χ1) is 65.7. The number of aromatic nitrogens is 2. The molecule has 2 aromatic heterocycles. The third kappa shape index (κ3) is 41.8. The number of halogens is 3. The van der Waals surface area contributed by atoms with Crippen molar-refractivity contribution in [3.63, 3.8) is 0 Å². The van der Waals surface area contributed by atoms with Gasteiger partial charge in [-0.25, -0.2) is 22.2 Å². The fourth-order valence-corrected chi connectivity index (χ4v) is 16.5. The van der Waals surface area contributed by atoms with Crippen LogP contribution in [0.5, 0.6) is 0 Å². The molecule has 0 aliphatic carbocycles. The van der Waals surface area contributed by atoms with Gasteiger partial charge in [-0.1, -0.05) is 284 Å². The molecule has 10 aromatic rings. The number of likely N-dealkylation sites (tertiary alicyclic amines) is 1. The maximum atomic E-state index is 12.5. The van der Waals surface area contributed by atoms with Crippen molar-refractivity contribution in [2.75, 3.05) is 125 Å². The summed E-state index contributed by atoms with van der Waals surface area (Å²) in [5.41, 5.74) is 25.2. The maximum absolute atomic E-state index is 12.5. The van der Waals surface area contributed by atoms with E-state index in [2.05, 4.69) is 267 Å². The van der Waals surface area contributed by atoms with Crippen LogP contribution in [0.25, 0.3) is 0 Å². The topological polar surface area (TPSA) is 184 Å². The van der Waals surface area contributed by atoms with Gasteiger partial charge in [-0.15, -0.1) is 0 Å². The molecule has 2 N–H and O–H groups in total. The van der Waals surface area contributed by atoms with Crippen LogP contribution >= 0.6 is 0 Å². The second kappa shape index (κ2) is 61.5. The lowest BCUT2D eigenvalue weighted by Gasteiger charge is -2.34. The van der Waals surface area contributed by atoms with Crippen molar-refractivity contribution in [1.82, 2.24) is 38.8 Å². The molecular formula is C117H164F3N9O8S. The average Bonchev–Trinajstić information content (AvgIpc) is 0.855. The Morgan fingerprint density at radius 2 is 0.710 bits per heavy atom. The highest BCUT2D eigenvalue weighted by Gasteiger charge is 2.28. The van der Waals surface area contributed by atoms with E-state index in [1.54, 1.807) is 24.4 Å². The van der Waals surface area contributed by atoms with Crippen LogP contribution in [0, 0.1) is 31.4 Å². The van der Waals surface area contributed by atoms with E-state index in [-0.39, 0.29) is 23.6 Å². The Kier molecular flexibility index (Phi) is 52.0. The summed E-state index contributed by atoms with van der Waals surface area (Å²) in [7, 11) is -3.35. The van der Waals surface area contributed by atoms with E-state index in [4.69, 9.17) is 19.9 Å². The molecule has 0 spiro atoms. The van der Waals surface area contributed by atoms with Crippen LogP contribution in [-0.4, -0.2) is 190 Å². The van der Waals surface area contributed by atoms with Crippen molar-refractivity contribution < 1.29 is 50.2 Å². The van der Waals surface area contributed by atoms with E-state index in [0.717, 1.165) is 131 Å². The predicted octanol–water partition coefficient (Wildman–Crippen LogP) is 25.7. The monoisotopic (exact) mass is 1910 g/mol. The molecule has 7 heterocycles. The lowest BCUT2D eigenvalue weighted by molar-refractivity contribution is 0.0302. The number of aryl methyl sites for hydroxylation is 2. The summed E-state index contributed by atoms with van der Waals surface area (Å²) < 4.78 is 79.3. The number of amides is 3. The minimum atomic E-state index is -3.35. The Morgan fingerprint density at radius 3 is 1.12 bits per heavy atom. The Labute approximate surface area is 828 Å². The first-order valence-corrected chi connectivity index (χ1v) is 51.5. The van der Waals surface area contributed by atoms with E-state index in [0.29, 0.717) is 123 Å². The minimum absolute atomic E-state index is 0.121. The molecular weight excluding hydrogens is 1750 g/mol. The number of benzene rings is 8. The number of hydrogen-bond acceptors (Lipinski definition) is 13. The Hall–Kier alpha value is -10.1. The lowest BCUT2D eigenvalue weighted by Crippen LogP contribution is -2.48. The molecule has 138 heavy (non-hydrogen) atoms. The summed E-state index contributed by atoms with van der Waals surface area (Å²) in [4.78, 5) is 55.5. The summed E-state index contributed by atoms with van der Waals surface area (Å²) in [5.74, 6) is 3.97. The molecule has 752 valence electrons. The first-order valence-electron chi connectivity index (χ1n) is 50.1. The van der Waals surface area contributed by atoms with Gasteiger partial charge < -0.3 is 39.5 Å². The number of carbonyl (C=O) groups is 3. The van der Waals surface area contributed by atoms with Crippen LogP contribution < -0.4 is 5.73 Å². The van der Waals surface area contributed by atoms with Crippen LogP contribution in [-0.2, 0) is 37.3 Å². The molecule has 5 aliphatic heterocycles. The van der Waals surface area contributed by atoms with Gasteiger partial charge in [-0.3, -0.25) is 24.3 Å². The highest BCUT2D eigenvalue weighted by Crippen LogP contribution is 2.27. The molecule has 5 aliphatic rings. The summed E-state index contributed by atoms with van der Waals surface area (Å²) in [6, 6.07) is 68.2. The number of ether oxygens (including phenoxy) is 3. The summed E-state index contributed by atoms with van der Waals surface area (Å²) in [6.07, 6.45) is 5.81. The number of nitrogens with zero attached hydrogens (tertiary/aromatic N) is 8. The van der Waals surface area contributed by atoms with Crippen LogP contribution in [0.15, 0.2) is 230 Å². The molecule has 17 nitrogen and oxygen atoms in total. The molecule has 0 bridgehead atoms. The van der Waals surface area contributed by atoms with Gasteiger partial charge in [-0.05, 0) is 232 Å². The zero-order valence-electron chi connectivity index (χ0n) is 87.4. The van der Waals surface area contributed by atoms with Gasteiger partial charge in [0.2, 0.25) is 16.0 Å². The van der Waals surface area contributed by atoms with E-state index in [1.807, 2.05) is 102 Å². The quantitative estimate of drug-likeness (QED) is 0.0755. The molecule has 5 fully saturated rings. The molecule has 0 atom stereocenters. The van der Waals surface area contributed by atoms with E-state index in [1.165, 1.54) is 78.1 Å². The van der Waals surface area contributed by atoms with E-state index < -0.39 is 27.6 Å². The Bertz CT molecular complexity index is 5180. The highest BCUT2D eigenvalue weighted by atomic mass is 32.2. The average molecular weight is 1910 g/mol. The normalized spacial score (nSPS) is 14.6. The summed E-state index contributed by atoms with van der Waals surface area (Å²) in [5, 5.41) is 0. The highest BCUT2D eigenvalue weighted by molar-refractivity contribution is 7.89. The minimum Gasteiger partial charge on any atom is -0.379 e. The number of likely N-dealkylation sites (N-methyl/N-ethyl adjacent to an activating group) is 1. The fraction of sp³-hybridized carbons (Fsp3) is 0.479. The van der Waals surface area contributed by atoms with Crippen LogP contribution in [0.4, 0.5) is 13.2 Å². The van der Waals surface area contributed by atoms with Crippen molar-refractivity contribution in [1.29, 1.82) is 0 Å². The molecule has 0 saturated carbocycles. The van der Waals surface area contributed by atoms with Crippen LogP contribution in [0.2, 0.25) is 0 Å². The zero-order valence-corrected chi connectivity index (χ0v) is 88.2. The molecule has 5 saturated heterocycles. The van der Waals surface area contributed by atoms with Gasteiger partial charge in [0.25, 0.3) is 17.7 Å². The number of nitrogens with two attached hydrogens (primary N) is 1. The largest absolute Gasteiger partial charge is 0.379 e. The van der Waals surface area contributed by atoms with Crippen molar-refractivity contribution in [2.45, 2.75) is 249 Å². The number of pyridine rings is 2. The van der Waals surface area contributed by atoms with Crippen molar-refractivity contribution in [3.8, 4) is 0 Å². The van der Waals surface area contributed by atoms with Crippen molar-refractivity contribution in [3.05, 3.63) is 337 Å². The van der Waals surface area contributed by atoms with Gasteiger partial charge in [0.15, 0.2) is 0 Å². The lowest BCUT2D eigenvalue weighted by atomic mass is 10.0. The van der Waals surface area contributed by atoms with Crippen LogP contribution in [0.3, 0.4) is 0 Å². The molecule has 8 aromatic carbocycles. The standard InChI is InChI=1S/C16H24N2O.C14H19NO2.C14H21NO.C14H19NO.C13H19NO3S.C10H15N.C10H14.C9H10F2.C9H13N.C8H10FN/c1-4-17-9-11-18(12-10-17)16(19)15-7-5-14(6-8-15)13(2)3;1-11(2)12-4-3-5-13(10-12)14(16)15-6-8-17-9-7-15;1-12(2)14-5-3-13(4-6-14)11-15-7-9-16-10-8-15;1-11(2)12-6-5-7-13(10-12)14(16)15-8-3-4-9-15;1-11(2)12-3-5-13(6-4-12)18(15,16)14-7-9-17-10-8-14;1-8(2)10-5-3-4-9(6-10)7-11;1-8(2)10-6-4-5-9(3)7-10;1-6(2)7-3-8(10)5-9(11)4-7;1-7(2)9-5-4-8(3)10-6-9;1-6(2)7-3-4-8(9)10-5-7/h5-8,13H,4,9-12H2,1-3H3;3-5,10-11H,6-9H2,1-2H3;3-6,12H,7-11H2,1-2H3;5-7,10-11H,3-4,8-9H2,1-2H3;3-6,11H,7-10H2,1-2H3;3-6,8H,7,11H2,1-2H3;4-8H,1-3H3;3-6H,1-2H3;4-7H,1-3H3;3-6H,1-2H3. The van der Waals surface area contributed by atoms with Gasteiger partial charge in [0, 0.05) is 132 Å².